The number of esters is 2. The number of hydrogen-bond acceptors (Lipinski definition) is 5. The summed E-state index contributed by atoms with van der Waals surface area (Å²) in [6, 6.07) is 9.36. The van der Waals surface area contributed by atoms with E-state index < -0.39 is 12.0 Å². The molecule has 1 aromatic rings. The number of methoxy groups -OCH3 is 1. The van der Waals surface area contributed by atoms with Crippen molar-refractivity contribution >= 4 is 11.9 Å². The quantitative estimate of drug-likeness (QED) is 0.798. The Morgan fingerprint density at radius 2 is 1.91 bits per heavy atom. The Labute approximate surface area is 130 Å². The van der Waals surface area contributed by atoms with Crippen LogP contribution >= 0.6 is 0 Å². The van der Waals surface area contributed by atoms with Gasteiger partial charge in [-0.15, -0.1) is 0 Å². The van der Waals surface area contributed by atoms with Gasteiger partial charge in [0.25, 0.3) is 0 Å². The summed E-state index contributed by atoms with van der Waals surface area (Å²) in [6.45, 7) is 0. The lowest BCUT2D eigenvalue weighted by atomic mass is 9.87. The zero-order valence-corrected chi connectivity index (χ0v) is 12.9. The van der Waals surface area contributed by atoms with Crippen molar-refractivity contribution in [3.63, 3.8) is 0 Å². The predicted molar refractivity (Wildman–Crippen MR) is 80.3 cm³/mol. The van der Waals surface area contributed by atoms with Crippen LogP contribution in [-0.2, 0) is 14.3 Å². The summed E-state index contributed by atoms with van der Waals surface area (Å²) in [5.74, 6) is -1.06. The van der Waals surface area contributed by atoms with Crippen LogP contribution in [0.3, 0.4) is 0 Å². The number of piperidine rings is 1. The van der Waals surface area contributed by atoms with E-state index in [1.165, 1.54) is 7.11 Å². The molecule has 0 aromatic heterocycles. The third-order valence-corrected chi connectivity index (χ3v) is 4.96. The first-order valence-corrected chi connectivity index (χ1v) is 7.67. The maximum absolute atomic E-state index is 12.3. The van der Waals surface area contributed by atoms with Gasteiger partial charge in [0.2, 0.25) is 0 Å². The Bertz CT molecular complexity index is 559. The van der Waals surface area contributed by atoms with Crippen LogP contribution < -0.4 is 0 Å². The highest BCUT2D eigenvalue weighted by Crippen LogP contribution is 2.40. The zero-order chi connectivity index (χ0) is 15.7. The second-order valence-electron chi connectivity index (χ2n) is 6.06. The van der Waals surface area contributed by atoms with E-state index in [1.807, 2.05) is 13.1 Å². The van der Waals surface area contributed by atoms with E-state index in [0.29, 0.717) is 18.0 Å². The van der Waals surface area contributed by atoms with Crippen LogP contribution in [0.25, 0.3) is 0 Å². The molecule has 5 nitrogen and oxygen atoms in total. The van der Waals surface area contributed by atoms with Crippen molar-refractivity contribution in [2.75, 3.05) is 14.2 Å². The van der Waals surface area contributed by atoms with Crippen LogP contribution in [0.4, 0.5) is 0 Å². The fourth-order valence-electron chi connectivity index (χ4n) is 3.77. The number of rotatable bonds is 3. The second-order valence-corrected chi connectivity index (χ2v) is 6.06. The molecule has 0 N–H and O–H groups in total. The van der Waals surface area contributed by atoms with Crippen LogP contribution in [0.1, 0.15) is 29.6 Å². The third kappa shape index (κ3) is 2.61. The molecule has 0 aliphatic carbocycles. The molecule has 22 heavy (non-hydrogen) atoms. The minimum absolute atomic E-state index is 0.0970. The summed E-state index contributed by atoms with van der Waals surface area (Å²) in [5.41, 5.74) is 0.511. The molecule has 2 heterocycles. The van der Waals surface area contributed by atoms with Crippen molar-refractivity contribution in [2.24, 2.45) is 5.92 Å². The molecule has 2 saturated heterocycles. The van der Waals surface area contributed by atoms with Gasteiger partial charge in [-0.25, -0.2) is 4.79 Å². The average Bonchev–Trinajstić information content (AvgIpc) is 2.78. The molecular formula is C17H21NO4. The van der Waals surface area contributed by atoms with Gasteiger partial charge in [0, 0.05) is 18.5 Å². The van der Waals surface area contributed by atoms with Gasteiger partial charge < -0.3 is 9.47 Å². The maximum atomic E-state index is 12.3. The molecule has 4 atom stereocenters. The van der Waals surface area contributed by atoms with E-state index in [-0.39, 0.29) is 18.0 Å². The monoisotopic (exact) mass is 303 g/mol. The summed E-state index contributed by atoms with van der Waals surface area (Å²) >= 11 is 0. The molecule has 0 saturated carbocycles. The Morgan fingerprint density at radius 1 is 1.18 bits per heavy atom. The molecule has 2 bridgehead atoms. The van der Waals surface area contributed by atoms with Gasteiger partial charge in [-0.2, -0.15) is 0 Å². The number of benzene rings is 1. The first-order chi connectivity index (χ1) is 10.6. The van der Waals surface area contributed by atoms with Crippen LogP contribution in [0.2, 0.25) is 0 Å². The van der Waals surface area contributed by atoms with Crippen LogP contribution in [0.5, 0.6) is 0 Å². The molecular weight excluding hydrogens is 282 g/mol. The van der Waals surface area contributed by atoms with E-state index in [0.717, 1.165) is 12.8 Å². The van der Waals surface area contributed by atoms with Crippen molar-refractivity contribution < 1.29 is 19.1 Å². The lowest BCUT2D eigenvalue weighted by Gasteiger charge is -2.40. The van der Waals surface area contributed by atoms with E-state index in [2.05, 4.69) is 4.90 Å². The van der Waals surface area contributed by atoms with Crippen LogP contribution in [-0.4, -0.2) is 49.2 Å². The number of carbonyl (C=O) groups is 2. The Morgan fingerprint density at radius 3 is 2.59 bits per heavy atom. The van der Waals surface area contributed by atoms with Gasteiger partial charge in [-0.1, -0.05) is 18.2 Å². The van der Waals surface area contributed by atoms with Crippen LogP contribution in [0.15, 0.2) is 30.3 Å². The second kappa shape index (κ2) is 6.08. The number of fused-ring (bicyclic) bond motifs is 2. The molecule has 118 valence electrons. The largest absolute Gasteiger partial charge is 0.469 e. The van der Waals surface area contributed by atoms with Gasteiger partial charge in [0.1, 0.15) is 12.0 Å². The molecule has 1 aromatic carbocycles. The highest BCUT2D eigenvalue weighted by molar-refractivity contribution is 5.89. The standard InChI is InChI=1S/C17H21NO4/c1-18-12-8-9-13(18)15(17(20)21-2)14(10-12)22-16(19)11-6-4-3-5-7-11/h3-7,12-15H,8-10H2,1-2H3/t12-,13-,14+,15-/m1/s1. The Balaban J connectivity index is 1.79. The Hall–Kier alpha value is -1.88. The number of nitrogens with zero attached hydrogens (tertiary/aromatic N) is 1. The molecule has 0 amide bonds. The van der Waals surface area contributed by atoms with Gasteiger partial charge in [-0.3, -0.25) is 9.69 Å². The van der Waals surface area contributed by atoms with E-state index >= 15 is 0 Å². The topological polar surface area (TPSA) is 55.8 Å². The van der Waals surface area contributed by atoms with Crippen molar-refractivity contribution in [1.82, 2.24) is 4.90 Å². The van der Waals surface area contributed by atoms with Crippen molar-refractivity contribution in [3.8, 4) is 0 Å². The van der Waals surface area contributed by atoms with Gasteiger partial charge in [0.05, 0.1) is 12.7 Å². The fourth-order valence-corrected chi connectivity index (χ4v) is 3.77. The fraction of sp³-hybridized carbons (Fsp3) is 0.529. The van der Waals surface area contributed by atoms with Gasteiger partial charge in [0.15, 0.2) is 0 Å². The van der Waals surface area contributed by atoms with Gasteiger partial charge >= 0.3 is 11.9 Å². The molecule has 5 heteroatoms. The molecule has 2 aliphatic rings. The van der Waals surface area contributed by atoms with Crippen molar-refractivity contribution in [1.29, 1.82) is 0 Å². The first kappa shape index (κ1) is 15.0. The highest BCUT2D eigenvalue weighted by Gasteiger charge is 2.50. The average molecular weight is 303 g/mol. The van der Waals surface area contributed by atoms with E-state index in [1.54, 1.807) is 24.3 Å². The molecule has 0 unspecified atom stereocenters. The number of hydrogen-bond donors (Lipinski definition) is 0. The van der Waals surface area contributed by atoms with E-state index in [9.17, 15) is 9.59 Å². The third-order valence-electron chi connectivity index (χ3n) is 4.96. The number of ether oxygens (including phenoxy) is 2. The van der Waals surface area contributed by atoms with E-state index in [4.69, 9.17) is 9.47 Å². The molecule has 2 aliphatic heterocycles. The minimum Gasteiger partial charge on any atom is -0.469 e. The SMILES string of the molecule is COC(=O)[C@H]1[C@@H](OC(=O)c2ccccc2)C[C@H]2CC[C@H]1N2C. The first-order valence-electron chi connectivity index (χ1n) is 7.67. The number of carbonyl (C=O) groups excluding carboxylic acids is 2. The van der Waals surface area contributed by atoms with Crippen molar-refractivity contribution in [3.05, 3.63) is 35.9 Å². The Kier molecular flexibility index (Phi) is 4.16. The summed E-state index contributed by atoms with van der Waals surface area (Å²) in [6.07, 6.45) is 2.26. The molecule has 0 radical (unpaired) electrons. The van der Waals surface area contributed by atoms with Crippen molar-refractivity contribution in [2.45, 2.75) is 37.5 Å². The zero-order valence-electron chi connectivity index (χ0n) is 12.9. The van der Waals surface area contributed by atoms with Gasteiger partial charge in [-0.05, 0) is 32.0 Å². The normalized spacial score (nSPS) is 30.8. The lowest BCUT2D eigenvalue weighted by Crippen LogP contribution is -2.53. The minimum atomic E-state index is -0.408. The summed E-state index contributed by atoms with van der Waals surface area (Å²) in [5, 5.41) is 0. The molecule has 0 spiro atoms. The smallest absolute Gasteiger partial charge is 0.338 e. The lowest BCUT2D eigenvalue weighted by molar-refractivity contribution is -0.156. The summed E-state index contributed by atoms with van der Waals surface area (Å²) < 4.78 is 10.6. The molecule has 3 rings (SSSR count). The predicted octanol–water partition coefficient (Wildman–Crippen LogP) is 1.87. The summed E-state index contributed by atoms with van der Waals surface area (Å²) in [7, 11) is 3.42. The maximum Gasteiger partial charge on any atom is 0.338 e. The van der Waals surface area contributed by atoms with Crippen LogP contribution in [0, 0.1) is 5.92 Å². The molecule has 2 fully saturated rings. The highest BCUT2D eigenvalue weighted by atomic mass is 16.6. The summed E-state index contributed by atoms with van der Waals surface area (Å²) in [4.78, 5) is 26.7.